The van der Waals surface area contributed by atoms with Crippen LogP contribution >= 0.6 is 0 Å². The number of aliphatic hydroxyl groups is 1. The largest absolute Gasteiger partial charge is 0.465 e. The van der Waals surface area contributed by atoms with Crippen molar-refractivity contribution in [1.29, 1.82) is 0 Å². The molecule has 2 N–H and O–H groups in total. The first-order valence-electron chi connectivity index (χ1n) is 10.2. The van der Waals surface area contributed by atoms with Gasteiger partial charge in [-0.2, -0.15) is 0 Å². The molecule has 33 heavy (non-hydrogen) atoms. The molecule has 2 aliphatic rings. The van der Waals surface area contributed by atoms with Crippen LogP contribution in [-0.4, -0.2) is 71.8 Å². The molecule has 10 nitrogen and oxygen atoms in total. The molecule has 3 amide bonds. The molecule has 2 heterocycles. The molecule has 2 fully saturated rings. The first-order chi connectivity index (χ1) is 15.9. The molecular weight excluding hydrogens is 437 g/mol. The normalized spacial score (nSPS) is 18.0. The van der Waals surface area contributed by atoms with Gasteiger partial charge in [-0.3, -0.25) is 9.80 Å². The van der Waals surface area contributed by atoms with Gasteiger partial charge in [-0.1, -0.05) is 30.3 Å². The van der Waals surface area contributed by atoms with Gasteiger partial charge in [0.25, 0.3) is 0 Å². The summed E-state index contributed by atoms with van der Waals surface area (Å²) in [7, 11) is 0. The Morgan fingerprint density at radius 2 is 1.88 bits per heavy atom. The monoisotopic (exact) mass is 459 g/mol. The van der Waals surface area contributed by atoms with Crippen LogP contribution in [0, 0.1) is 5.82 Å². The molecule has 2 aliphatic heterocycles. The van der Waals surface area contributed by atoms with E-state index >= 15 is 4.39 Å². The van der Waals surface area contributed by atoms with Crippen molar-refractivity contribution in [2.24, 2.45) is 0 Å². The number of carbonyl (C=O) groups excluding carboxylic acids is 2. The van der Waals surface area contributed by atoms with Crippen molar-refractivity contribution < 1.29 is 38.5 Å². The molecule has 0 spiro atoms. The molecule has 4 rings (SSSR count). The van der Waals surface area contributed by atoms with Gasteiger partial charge in [-0.15, -0.1) is 0 Å². The molecule has 0 aromatic heterocycles. The average Bonchev–Trinajstić information content (AvgIpc) is 3.15. The standard InChI is InChI=1S/C22H22FN3O7/c23-18-8-15(25-11-17(12-27)33-21(25)30)6-7-19(18)26(16-9-24(10-16)20(28)29)22(31)32-13-14-4-2-1-3-5-14/h1-8,16-17,27H,9-13H2,(H,28,29)/t17-/m1/s1. The second kappa shape index (κ2) is 9.33. The van der Waals surface area contributed by atoms with Crippen LogP contribution < -0.4 is 9.80 Å². The van der Waals surface area contributed by atoms with Crippen molar-refractivity contribution in [3.63, 3.8) is 0 Å². The number of anilines is 2. The van der Waals surface area contributed by atoms with Gasteiger partial charge in [-0.25, -0.2) is 18.8 Å². The predicted octanol–water partition coefficient (Wildman–Crippen LogP) is 2.65. The Bertz CT molecular complexity index is 1050. The van der Waals surface area contributed by atoms with Gasteiger partial charge in [0, 0.05) is 13.1 Å². The van der Waals surface area contributed by atoms with Crippen molar-refractivity contribution in [3.05, 3.63) is 59.9 Å². The molecule has 2 aromatic rings. The fourth-order valence-electron chi connectivity index (χ4n) is 3.69. The maximum absolute atomic E-state index is 15.2. The highest BCUT2D eigenvalue weighted by molar-refractivity contribution is 5.92. The van der Waals surface area contributed by atoms with Crippen molar-refractivity contribution in [1.82, 2.24) is 4.90 Å². The zero-order valence-electron chi connectivity index (χ0n) is 17.5. The molecule has 0 saturated carbocycles. The SMILES string of the molecule is O=C(O)N1CC(N(C(=O)OCc2ccccc2)c2ccc(N3C[C@H](CO)OC3=O)cc2F)C1. The maximum Gasteiger partial charge on any atom is 0.415 e. The van der Waals surface area contributed by atoms with Crippen LogP contribution in [0.2, 0.25) is 0 Å². The van der Waals surface area contributed by atoms with Gasteiger partial charge in [-0.05, 0) is 23.8 Å². The van der Waals surface area contributed by atoms with Crippen LogP contribution in [0.25, 0.3) is 0 Å². The van der Waals surface area contributed by atoms with E-state index in [4.69, 9.17) is 14.6 Å². The topological polar surface area (TPSA) is 120 Å². The number of ether oxygens (including phenoxy) is 2. The van der Waals surface area contributed by atoms with Crippen LogP contribution in [0.5, 0.6) is 0 Å². The van der Waals surface area contributed by atoms with E-state index in [9.17, 15) is 19.5 Å². The van der Waals surface area contributed by atoms with Gasteiger partial charge < -0.3 is 24.6 Å². The fraction of sp³-hybridized carbons (Fsp3) is 0.318. The van der Waals surface area contributed by atoms with Crippen molar-refractivity contribution in [2.45, 2.75) is 18.8 Å². The summed E-state index contributed by atoms with van der Waals surface area (Å²) in [4.78, 5) is 39.4. The van der Waals surface area contributed by atoms with E-state index in [1.54, 1.807) is 24.3 Å². The number of amides is 3. The lowest BCUT2D eigenvalue weighted by atomic mass is 10.1. The predicted molar refractivity (Wildman–Crippen MR) is 114 cm³/mol. The number of aliphatic hydroxyl groups excluding tert-OH is 1. The smallest absolute Gasteiger partial charge is 0.415 e. The van der Waals surface area contributed by atoms with Crippen molar-refractivity contribution >= 4 is 29.7 Å². The Morgan fingerprint density at radius 3 is 2.48 bits per heavy atom. The Labute approximate surface area is 188 Å². The second-order valence-electron chi connectivity index (χ2n) is 7.69. The number of hydrogen-bond donors (Lipinski definition) is 2. The van der Waals surface area contributed by atoms with E-state index in [1.807, 2.05) is 6.07 Å². The Hall–Kier alpha value is -3.86. The van der Waals surface area contributed by atoms with Crippen molar-refractivity contribution in [2.75, 3.05) is 36.0 Å². The summed E-state index contributed by atoms with van der Waals surface area (Å²) in [5.74, 6) is -0.793. The van der Waals surface area contributed by atoms with Crippen LogP contribution in [0.4, 0.5) is 30.1 Å². The van der Waals surface area contributed by atoms with Gasteiger partial charge >= 0.3 is 18.3 Å². The zero-order chi connectivity index (χ0) is 23.5. The number of rotatable bonds is 6. The number of carbonyl (C=O) groups is 3. The van der Waals surface area contributed by atoms with E-state index in [-0.39, 0.29) is 44.2 Å². The first-order valence-corrected chi connectivity index (χ1v) is 10.2. The molecule has 2 aromatic carbocycles. The number of benzene rings is 2. The molecule has 1 atom stereocenters. The maximum atomic E-state index is 15.2. The highest BCUT2D eigenvalue weighted by atomic mass is 19.1. The summed E-state index contributed by atoms with van der Waals surface area (Å²) in [5, 5.41) is 18.3. The van der Waals surface area contributed by atoms with Crippen LogP contribution in [0.15, 0.2) is 48.5 Å². The molecular formula is C22H22FN3O7. The summed E-state index contributed by atoms with van der Waals surface area (Å²) >= 11 is 0. The molecule has 0 aliphatic carbocycles. The molecule has 11 heteroatoms. The fourth-order valence-corrected chi connectivity index (χ4v) is 3.69. The van der Waals surface area contributed by atoms with Crippen LogP contribution in [0.1, 0.15) is 5.56 Å². The molecule has 0 bridgehead atoms. The molecule has 0 unspecified atom stereocenters. The Morgan fingerprint density at radius 1 is 1.15 bits per heavy atom. The van der Waals surface area contributed by atoms with E-state index in [0.717, 1.165) is 21.4 Å². The summed E-state index contributed by atoms with van der Waals surface area (Å²) in [6, 6.07) is 12.2. The molecule has 0 radical (unpaired) electrons. The number of halogens is 1. The Balaban J connectivity index is 1.55. The minimum absolute atomic E-state index is 0.00753. The first kappa shape index (κ1) is 22.3. The lowest BCUT2D eigenvalue weighted by Gasteiger charge is -2.43. The third kappa shape index (κ3) is 4.67. The summed E-state index contributed by atoms with van der Waals surface area (Å²) in [6.45, 7) is -0.312. The number of cyclic esters (lactones) is 1. The third-order valence-electron chi connectivity index (χ3n) is 5.48. The van der Waals surface area contributed by atoms with E-state index in [0.29, 0.717) is 0 Å². The molecule has 174 valence electrons. The number of likely N-dealkylation sites (tertiary alicyclic amines) is 1. The lowest BCUT2D eigenvalue weighted by Crippen LogP contribution is -2.62. The minimum Gasteiger partial charge on any atom is -0.465 e. The zero-order valence-corrected chi connectivity index (χ0v) is 17.5. The lowest BCUT2D eigenvalue weighted by molar-refractivity contribution is 0.0957. The summed E-state index contributed by atoms with van der Waals surface area (Å²) < 4.78 is 25.5. The summed E-state index contributed by atoms with van der Waals surface area (Å²) in [6.07, 6.45) is -3.37. The van der Waals surface area contributed by atoms with Crippen LogP contribution in [-0.2, 0) is 16.1 Å². The highest BCUT2D eigenvalue weighted by Gasteiger charge is 2.40. The quantitative estimate of drug-likeness (QED) is 0.681. The van der Waals surface area contributed by atoms with Gasteiger partial charge in [0.1, 0.15) is 18.5 Å². The molecule has 2 saturated heterocycles. The highest BCUT2D eigenvalue weighted by Crippen LogP contribution is 2.31. The van der Waals surface area contributed by atoms with Crippen molar-refractivity contribution in [3.8, 4) is 0 Å². The summed E-state index contributed by atoms with van der Waals surface area (Å²) in [5.41, 5.74) is 0.849. The number of hydrogen-bond acceptors (Lipinski definition) is 6. The minimum atomic E-state index is -1.13. The van der Waals surface area contributed by atoms with E-state index < -0.39 is 36.2 Å². The average molecular weight is 459 g/mol. The van der Waals surface area contributed by atoms with Crippen LogP contribution in [0.3, 0.4) is 0 Å². The number of nitrogens with zero attached hydrogens (tertiary/aromatic N) is 3. The van der Waals surface area contributed by atoms with Gasteiger partial charge in [0.05, 0.1) is 30.6 Å². The van der Waals surface area contributed by atoms with Gasteiger partial charge in [0.2, 0.25) is 0 Å². The third-order valence-corrected chi connectivity index (χ3v) is 5.48. The Kier molecular flexibility index (Phi) is 6.31. The van der Waals surface area contributed by atoms with E-state index in [2.05, 4.69) is 0 Å². The van der Waals surface area contributed by atoms with Gasteiger partial charge in [0.15, 0.2) is 0 Å². The van der Waals surface area contributed by atoms with E-state index in [1.165, 1.54) is 17.0 Å². The number of carboxylic acid groups (broad SMARTS) is 1. The second-order valence-corrected chi connectivity index (χ2v) is 7.69.